The van der Waals surface area contributed by atoms with Crippen LogP contribution in [0.25, 0.3) is 0 Å². The predicted octanol–water partition coefficient (Wildman–Crippen LogP) is 2.62. The van der Waals surface area contributed by atoms with E-state index in [4.69, 9.17) is 9.47 Å². The lowest BCUT2D eigenvalue weighted by Gasteiger charge is -2.36. The normalized spacial score (nSPS) is 17.3. The van der Waals surface area contributed by atoms with Crippen LogP contribution >= 0.6 is 0 Å². The van der Waals surface area contributed by atoms with Crippen molar-refractivity contribution in [2.24, 2.45) is 0 Å². The maximum absolute atomic E-state index is 5.59. The molecule has 1 aromatic carbocycles. The van der Waals surface area contributed by atoms with Crippen LogP contribution in [-0.4, -0.2) is 45.3 Å². The van der Waals surface area contributed by atoms with Gasteiger partial charge in [-0.3, -0.25) is 4.90 Å². The van der Waals surface area contributed by atoms with Crippen molar-refractivity contribution < 1.29 is 9.47 Å². The number of nitrogens with one attached hydrogen (secondary N) is 1. The molecule has 0 bridgehead atoms. The molecule has 1 N–H and O–H groups in total. The zero-order valence-electron chi connectivity index (χ0n) is 13.3. The Hall–Kier alpha value is -1.52. The van der Waals surface area contributed by atoms with Crippen LogP contribution in [0.15, 0.2) is 30.4 Å². The van der Waals surface area contributed by atoms with Crippen LogP contribution < -0.4 is 14.8 Å². The Labute approximate surface area is 127 Å². The molecule has 1 aliphatic heterocycles. The molecule has 0 aromatic heterocycles. The molecule has 4 heteroatoms. The number of ether oxygens (including phenoxy) is 2. The summed E-state index contributed by atoms with van der Waals surface area (Å²) in [7, 11) is 3.43. The van der Waals surface area contributed by atoms with Crippen molar-refractivity contribution in [1.29, 1.82) is 0 Å². The van der Waals surface area contributed by atoms with E-state index in [-0.39, 0.29) is 6.04 Å². The first-order valence-electron chi connectivity index (χ1n) is 7.47. The first-order chi connectivity index (χ1) is 10.2. The summed E-state index contributed by atoms with van der Waals surface area (Å²) in [4.78, 5) is 2.49. The van der Waals surface area contributed by atoms with Gasteiger partial charge in [-0.05, 0) is 25.5 Å². The molecule has 1 fully saturated rings. The summed E-state index contributed by atoms with van der Waals surface area (Å²) in [6, 6.07) is 6.23. The number of methoxy groups -OCH3 is 2. The van der Waals surface area contributed by atoms with Gasteiger partial charge in [0.2, 0.25) is 0 Å². The Morgan fingerprint density at radius 3 is 2.29 bits per heavy atom. The van der Waals surface area contributed by atoms with E-state index in [0.29, 0.717) is 0 Å². The highest BCUT2D eigenvalue weighted by atomic mass is 16.5. The SMILES string of the molecule is C=C(C)C[C@H](c1c(OC)cccc1OC)N1CCNCC1. The van der Waals surface area contributed by atoms with Crippen LogP contribution in [0.4, 0.5) is 0 Å². The van der Waals surface area contributed by atoms with Crippen molar-refractivity contribution >= 4 is 0 Å². The third kappa shape index (κ3) is 3.77. The highest BCUT2D eigenvalue weighted by Crippen LogP contribution is 2.40. The molecule has 4 nitrogen and oxygen atoms in total. The molecule has 0 aliphatic carbocycles. The van der Waals surface area contributed by atoms with Gasteiger partial charge in [0.25, 0.3) is 0 Å². The third-order valence-corrected chi connectivity index (χ3v) is 3.93. The summed E-state index contributed by atoms with van der Waals surface area (Å²) in [6.45, 7) is 10.3. The summed E-state index contributed by atoms with van der Waals surface area (Å²) in [6.07, 6.45) is 0.913. The molecule has 0 radical (unpaired) electrons. The van der Waals surface area contributed by atoms with Crippen molar-refractivity contribution in [2.45, 2.75) is 19.4 Å². The molecular weight excluding hydrogens is 264 g/mol. The van der Waals surface area contributed by atoms with Gasteiger partial charge in [-0.25, -0.2) is 0 Å². The minimum Gasteiger partial charge on any atom is -0.496 e. The highest BCUT2D eigenvalue weighted by Gasteiger charge is 2.27. The van der Waals surface area contributed by atoms with Crippen LogP contribution in [0.2, 0.25) is 0 Å². The summed E-state index contributed by atoms with van der Waals surface area (Å²) in [5, 5.41) is 3.40. The third-order valence-electron chi connectivity index (χ3n) is 3.93. The van der Waals surface area contributed by atoms with Crippen molar-refractivity contribution in [3.8, 4) is 11.5 Å². The van der Waals surface area contributed by atoms with Crippen LogP contribution in [0.3, 0.4) is 0 Å². The number of hydrogen-bond acceptors (Lipinski definition) is 4. The first-order valence-corrected chi connectivity index (χ1v) is 7.47. The molecule has 1 saturated heterocycles. The Bertz CT molecular complexity index is 459. The van der Waals surface area contributed by atoms with Gasteiger partial charge in [-0.2, -0.15) is 0 Å². The van der Waals surface area contributed by atoms with Gasteiger partial charge in [0.1, 0.15) is 11.5 Å². The van der Waals surface area contributed by atoms with Crippen molar-refractivity contribution in [3.63, 3.8) is 0 Å². The van der Waals surface area contributed by atoms with Crippen LogP contribution in [0.1, 0.15) is 24.9 Å². The topological polar surface area (TPSA) is 33.7 Å². The highest BCUT2D eigenvalue weighted by molar-refractivity contribution is 5.47. The summed E-state index contributed by atoms with van der Waals surface area (Å²) < 4.78 is 11.2. The lowest BCUT2D eigenvalue weighted by Crippen LogP contribution is -2.45. The Balaban J connectivity index is 2.41. The maximum atomic E-state index is 5.59. The standard InChI is InChI=1S/C17H26N2O2/c1-13(2)12-14(19-10-8-18-9-11-19)17-15(20-3)6-5-7-16(17)21-4/h5-7,14,18H,1,8-12H2,2-4H3/t14-/m1/s1. The Morgan fingerprint density at radius 2 is 1.81 bits per heavy atom. The van der Waals surface area contributed by atoms with Gasteiger partial charge >= 0.3 is 0 Å². The molecule has 0 amide bonds. The zero-order chi connectivity index (χ0) is 15.2. The van der Waals surface area contributed by atoms with Crippen molar-refractivity contribution in [1.82, 2.24) is 10.2 Å². The smallest absolute Gasteiger partial charge is 0.127 e. The quantitative estimate of drug-likeness (QED) is 0.817. The average Bonchev–Trinajstić information content (AvgIpc) is 2.52. The van der Waals surface area contributed by atoms with Crippen LogP contribution in [-0.2, 0) is 0 Å². The van der Waals surface area contributed by atoms with Gasteiger partial charge < -0.3 is 14.8 Å². The average molecular weight is 290 g/mol. The molecule has 0 saturated carbocycles. The van der Waals surface area contributed by atoms with Gasteiger partial charge in [-0.1, -0.05) is 11.6 Å². The molecule has 1 heterocycles. The van der Waals surface area contributed by atoms with Crippen LogP contribution in [0.5, 0.6) is 11.5 Å². The van der Waals surface area contributed by atoms with Gasteiger partial charge in [0.05, 0.1) is 19.8 Å². The predicted molar refractivity (Wildman–Crippen MR) is 86.2 cm³/mol. The number of hydrogen-bond donors (Lipinski definition) is 1. The van der Waals surface area contributed by atoms with E-state index in [1.165, 1.54) is 5.57 Å². The lowest BCUT2D eigenvalue weighted by atomic mass is 9.96. The fourth-order valence-corrected chi connectivity index (χ4v) is 2.95. The fourth-order valence-electron chi connectivity index (χ4n) is 2.95. The van der Waals surface area contributed by atoms with E-state index < -0.39 is 0 Å². The fraction of sp³-hybridized carbons (Fsp3) is 0.529. The zero-order valence-corrected chi connectivity index (χ0v) is 13.3. The maximum Gasteiger partial charge on any atom is 0.127 e. The monoisotopic (exact) mass is 290 g/mol. The van der Waals surface area contributed by atoms with Crippen LogP contribution in [0, 0.1) is 0 Å². The molecule has 1 atom stereocenters. The number of piperazine rings is 1. The summed E-state index contributed by atoms with van der Waals surface area (Å²) in [5.41, 5.74) is 2.30. The number of benzene rings is 1. The van der Waals surface area contributed by atoms with Gasteiger partial charge in [0, 0.05) is 32.2 Å². The Morgan fingerprint density at radius 1 is 1.24 bits per heavy atom. The molecule has 21 heavy (non-hydrogen) atoms. The number of nitrogens with zero attached hydrogens (tertiary/aromatic N) is 1. The van der Waals surface area contributed by atoms with Crippen molar-refractivity contribution in [3.05, 3.63) is 35.9 Å². The van der Waals surface area contributed by atoms with E-state index in [2.05, 4.69) is 23.7 Å². The van der Waals surface area contributed by atoms with Gasteiger partial charge in [0.15, 0.2) is 0 Å². The van der Waals surface area contributed by atoms with Crippen molar-refractivity contribution in [2.75, 3.05) is 40.4 Å². The minimum atomic E-state index is 0.246. The molecule has 1 aromatic rings. The van der Waals surface area contributed by atoms with E-state index in [1.807, 2.05) is 18.2 Å². The summed E-state index contributed by atoms with van der Waals surface area (Å²) in [5.74, 6) is 1.78. The molecule has 1 aliphatic rings. The van der Waals surface area contributed by atoms with E-state index >= 15 is 0 Å². The second-order valence-electron chi connectivity index (χ2n) is 5.54. The van der Waals surface area contributed by atoms with Gasteiger partial charge in [-0.15, -0.1) is 6.58 Å². The largest absolute Gasteiger partial charge is 0.496 e. The first kappa shape index (κ1) is 15.9. The molecule has 0 spiro atoms. The second kappa shape index (κ2) is 7.48. The Kier molecular flexibility index (Phi) is 5.65. The van der Waals surface area contributed by atoms with E-state index in [0.717, 1.165) is 49.7 Å². The van der Waals surface area contributed by atoms with E-state index in [1.54, 1.807) is 14.2 Å². The minimum absolute atomic E-state index is 0.246. The van der Waals surface area contributed by atoms with E-state index in [9.17, 15) is 0 Å². The molecule has 0 unspecified atom stereocenters. The second-order valence-corrected chi connectivity index (χ2v) is 5.54. The molecule has 2 rings (SSSR count). The molecule has 116 valence electrons. The number of rotatable bonds is 6. The lowest BCUT2D eigenvalue weighted by molar-refractivity contribution is 0.166. The molecular formula is C17H26N2O2. The summed E-state index contributed by atoms with van der Waals surface area (Å²) >= 11 is 0.